The minimum atomic E-state index is 0.158. The van der Waals surface area contributed by atoms with Gasteiger partial charge in [-0.2, -0.15) is 0 Å². The number of benzene rings is 1. The van der Waals surface area contributed by atoms with Crippen molar-refractivity contribution < 1.29 is 9.67 Å². The third-order valence-corrected chi connectivity index (χ3v) is 4.40. The summed E-state index contributed by atoms with van der Waals surface area (Å²) in [6, 6.07) is 6.65. The quantitative estimate of drug-likeness (QED) is 0.654. The standard InChI is InChI=1S/C16H23N4O/c1-12-7-13(3-4-16(12)17)20-9-14(8-15(20)10-21)19-6-5-18(2)11-19/h3-7,11,14-15,21H,8-10,17H2,1-2H3/q+1. The predicted octanol–water partition coefficient (Wildman–Crippen LogP) is 1.02. The first-order valence-electron chi connectivity index (χ1n) is 7.35. The Bertz CT molecular complexity index is 637. The lowest BCUT2D eigenvalue weighted by Gasteiger charge is -2.25. The molecule has 3 N–H and O–H groups in total. The fourth-order valence-electron chi connectivity index (χ4n) is 3.12. The second-order valence-electron chi connectivity index (χ2n) is 5.95. The molecular weight excluding hydrogens is 264 g/mol. The van der Waals surface area contributed by atoms with Crippen LogP contribution in [0.4, 0.5) is 11.4 Å². The molecule has 2 heterocycles. The van der Waals surface area contributed by atoms with E-state index in [1.807, 2.05) is 36.9 Å². The molecule has 0 spiro atoms. The van der Waals surface area contributed by atoms with Crippen molar-refractivity contribution in [1.29, 1.82) is 0 Å². The summed E-state index contributed by atoms with van der Waals surface area (Å²) >= 11 is 0. The van der Waals surface area contributed by atoms with E-state index >= 15 is 0 Å². The highest BCUT2D eigenvalue weighted by molar-refractivity contribution is 5.59. The zero-order valence-corrected chi connectivity index (χ0v) is 12.6. The number of nitrogen functional groups attached to an aromatic ring is 1. The summed E-state index contributed by atoms with van der Waals surface area (Å²) in [5.41, 5.74) is 8.94. The predicted molar refractivity (Wildman–Crippen MR) is 83.1 cm³/mol. The summed E-state index contributed by atoms with van der Waals surface area (Å²) in [5.74, 6) is 0. The van der Waals surface area contributed by atoms with E-state index in [2.05, 4.69) is 28.1 Å². The maximum atomic E-state index is 9.71. The molecule has 112 valence electrons. The van der Waals surface area contributed by atoms with Crippen LogP contribution in [0.3, 0.4) is 0 Å². The number of anilines is 2. The Hall–Kier alpha value is -2.01. The van der Waals surface area contributed by atoms with Crippen LogP contribution in [0.15, 0.2) is 36.9 Å². The van der Waals surface area contributed by atoms with E-state index in [4.69, 9.17) is 5.73 Å². The van der Waals surface area contributed by atoms with E-state index in [1.54, 1.807) is 0 Å². The Morgan fingerprint density at radius 3 is 2.86 bits per heavy atom. The summed E-state index contributed by atoms with van der Waals surface area (Å²) < 4.78 is 4.27. The van der Waals surface area contributed by atoms with Crippen LogP contribution in [0.1, 0.15) is 18.0 Å². The molecule has 1 saturated heterocycles. The van der Waals surface area contributed by atoms with Gasteiger partial charge in [-0.05, 0) is 30.7 Å². The SMILES string of the molecule is Cc1cc(N2CC(n3cc[n+](C)c3)CC2CO)ccc1N. The highest BCUT2D eigenvalue weighted by atomic mass is 16.3. The van der Waals surface area contributed by atoms with Gasteiger partial charge < -0.3 is 15.7 Å². The third kappa shape index (κ3) is 2.61. The van der Waals surface area contributed by atoms with E-state index in [-0.39, 0.29) is 12.6 Å². The van der Waals surface area contributed by atoms with Crippen molar-refractivity contribution in [1.82, 2.24) is 4.57 Å². The number of aromatic nitrogens is 2. The maximum absolute atomic E-state index is 9.71. The number of hydrogen-bond acceptors (Lipinski definition) is 3. The summed E-state index contributed by atoms with van der Waals surface area (Å²) in [7, 11) is 2.02. The number of rotatable bonds is 3. The molecule has 0 aliphatic carbocycles. The number of aryl methyl sites for hydroxylation is 2. The molecule has 1 fully saturated rings. The Morgan fingerprint density at radius 1 is 1.43 bits per heavy atom. The average molecular weight is 287 g/mol. The van der Waals surface area contributed by atoms with Crippen molar-refractivity contribution in [3.05, 3.63) is 42.5 Å². The van der Waals surface area contributed by atoms with Gasteiger partial charge >= 0.3 is 0 Å². The number of aliphatic hydroxyl groups excluding tert-OH is 1. The highest BCUT2D eigenvalue weighted by Gasteiger charge is 2.35. The monoisotopic (exact) mass is 287 g/mol. The molecule has 0 bridgehead atoms. The van der Waals surface area contributed by atoms with Gasteiger partial charge in [-0.3, -0.25) is 0 Å². The second-order valence-corrected chi connectivity index (χ2v) is 5.95. The fourth-order valence-corrected chi connectivity index (χ4v) is 3.12. The lowest BCUT2D eigenvalue weighted by atomic mass is 10.1. The minimum Gasteiger partial charge on any atom is -0.399 e. The van der Waals surface area contributed by atoms with Gasteiger partial charge in [-0.15, -0.1) is 0 Å². The molecule has 5 nitrogen and oxygen atoms in total. The lowest BCUT2D eigenvalue weighted by molar-refractivity contribution is -0.671. The number of nitrogens with zero attached hydrogens (tertiary/aromatic N) is 3. The van der Waals surface area contributed by atoms with Crippen LogP contribution >= 0.6 is 0 Å². The van der Waals surface area contributed by atoms with E-state index in [1.165, 1.54) is 0 Å². The van der Waals surface area contributed by atoms with Crippen molar-refractivity contribution in [3.63, 3.8) is 0 Å². The van der Waals surface area contributed by atoms with Crippen LogP contribution in [0.25, 0.3) is 0 Å². The second kappa shape index (κ2) is 5.41. The van der Waals surface area contributed by atoms with Crippen molar-refractivity contribution >= 4 is 11.4 Å². The topological polar surface area (TPSA) is 58.3 Å². The van der Waals surface area contributed by atoms with Gasteiger partial charge in [0.2, 0.25) is 6.33 Å². The molecule has 1 aromatic heterocycles. The molecule has 0 amide bonds. The van der Waals surface area contributed by atoms with Gasteiger partial charge in [-0.1, -0.05) is 0 Å². The van der Waals surface area contributed by atoms with Gasteiger partial charge in [-0.25, -0.2) is 9.13 Å². The fraction of sp³-hybridized carbons (Fsp3) is 0.438. The molecule has 2 unspecified atom stereocenters. The minimum absolute atomic E-state index is 0.158. The Morgan fingerprint density at radius 2 is 2.24 bits per heavy atom. The van der Waals surface area contributed by atoms with Crippen molar-refractivity contribution in [3.8, 4) is 0 Å². The van der Waals surface area contributed by atoms with Crippen molar-refractivity contribution in [2.45, 2.75) is 25.4 Å². The molecule has 1 aliphatic rings. The number of nitrogens with two attached hydrogens (primary N) is 1. The lowest BCUT2D eigenvalue weighted by Crippen LogP contribution is -2.32. The molecule has 0 radical (unpaired) electrons. The van der Waals surface area contributed by atoms with Crippen LogP contribution in [0, 0.1) is 6.92 Å². The molecule has 21 heavy (non-hydrogen) atoms. The maximum Gasteiger partial charge on any atom is 0.243 e. The molecule has 1 aromatic carbocycles. The van der Waals surface area contributed by atoms with E-state index in [0.717, 1.165) is 29.9 Å². The summed E-state index contributed by atoms with van der Waals surface area (Å²) in [4.78, 5) is 2.29. The first-order chi connectivity index (χ1) is 10.1. The molecule has 5 heteroatoms. The summed E-state index contributed by atoms with van der Waals surface area (Å²) in [6.07, 6.45) is 7.19. The van der Waals surface area contributed by atoms with Crippen LogP contribution in [0.5, 0.6) is 0 Å². The molecule has 1 aliphatic heterocycles. The van der Waals surface area contributed by atoms with Gasteiger partial charge in [0.05, 0.1) is 26.2 Å². The van der Waals surface area contributed by atoms with Crippen LogP contribution < -0.4 is 15.2 Å². The number of imidazole rings is 1. The Labute approximate surface area is 125 Å². The zero-order valence-electron chi connectivity index (χ0n) is 12.6. The van der Waals surface area contributed by atoms with Gasteiger partial charge in [0.1, 0.15) is 18.4 Å². The van der Waals surface area contributed by atoms with Crippen molar-refractivity contribution in [2.75, 3.05) is 23.8 Å². The van der Waals surface area contributed by atoms with Crippen LogP contribution in [0.2, 0.25) is 0 Å². The largest absolute Gasteiger partial charge is 0.399 e. The number of hydrogen-bond donors (Lipinski definition) is 2. The highest BCUT2D eigenvalue weighted by Crippen LogP contribution is 2.32. The van der Waals surface area contributed by atoms with Gasteiger partial charge in [0.25, 0.3) is 0 Å². The molecule has 2 aromatic rings. The molecular formula is C16H23N4O+. The first-order valence-corrected chi connectivity index (χ1v) is 7.35. The normalized spacial score (nSPS) is 22.0. The third-order valence-electron chi connectivity index (χ3n) is 4.40. The molecule has 2 atom stereocenters. The molecule has 3 rings (SSSR count). The molecule has 0 saturated carbocycles. The zero-order chi connectivity index (χ0) is 15.0. The van der Waals surface area contributed by atoms with Gasteiger partial charge in [0, 0.05) is 17.8 Å². The Balaban J connectivity index is 1.86. The van der Waals surface area contributed by atoms with E-state index < -0.39 is 0 Å². The van der Waals surface area contributed by atoms with Crippen LogP contribution in [-0.2, 0) is 7.05 Å². The average Bonchev–Trinajstić information content (AvgIpc) is 3.07. The van der Waals surface area contributed by atoms with E-state index in [0.29, 0.717) is 6.04 Å². The van der Waals surface area contributed by atoms with Crippen molar-refractivity contribution in [2.24, 2.45) is 7.05 Å². The van der Waals surface area contributed by atoms with E-state index in [9.17, 15) is 5.11 Å². The first kappa shape index (κ1) is 13.9. The van der Waals surface area contributed by atoms with Gasteiger partial charge in [0.15, 0.2) is 0 Å². The Kier molecular flexibility index (Phi) is 3.59. The summed E-state index contributed by atoms with van der Waals surface area (Å²) in [6.45, 7) is 3.10. The summed E-state index contributed by atoms with van der Waals surface area (Å²) in [5, 5.41) is 9.71. The van der Waals surface area contributed by atoms with Crippen LogP contribution in [-0.4, -0.2) is 28.9 Å². The number of aliphatic hydroxyl groups is 1. The smallest absolute Gasteiger partial charge is 0.243 e.